The molecule has 1 aliphatic rings. The first-order valence-corrected chi connectivity index (χ1v) is 9.98. The van der Waals surface area contributed by atoms with Crippen LogP contribution in [-0.2, 0) is 9.59 Å². The quantitative estimate of drug-likeness (QED) is 0.700. The van der Waals surface area contributed by atoms with Gasteiger partial charge in [0.05, 0.1) is 0 Å². The van der Waals surface area contributed by atoms with Crippen molar-refractivity contribution in [3.63, 3.8) is 0 Å². The average Bonchev–Trinajstić information content (AvgIpc) is 2.74. The van der Waals surface area contributed by atoms with E-state index in [0.717, 1.165) is 36.8 Å². The van der Waals surface area contributed by atoms with Gasteiger partial charge in [-0.3, -0.25) is 9.59 Å². The van der Waals surface area contributed by atoms with Crippen LogP contribution < -0.4 is 10.6 Å². The number of carbonyl (C=O) groups is 2. The summed E-state index contributed by atoms with van der Waals surface area (Å²) in [5, 5.41) is 5.91. The molecule has 156 valence electrons. The van der Waals surface area contributed by atoms with Crippen molar-refractivity contribution in [3.05, 3.63) is 83.4 Å². The molecule has 0 unspecified atom stereocenters. The van der Waals surface area contributed by atoms with Crippen LogP contribution in [0.5, 0.6) is 0 Å². The second-order valence-electron chi connectivity index (χ2n) is 7.28. The Morgan fingerprint density at radius 1 is 0.700 bits per heavy atom. The van der Waals surface area contributed by atoms with Gasteiger partial charge in [-0.15, -0.1) is 0 Å². The van der Waals surface area contributed by atoms with Crippen molar-refractivity contribution in [2.75, 3.05) is 0 Å². The first kappa shape index (κ1) is 21.4. The molecule has 4 nitrogen and oxygen atoms in total. The van der Waals surface area contributed by atoms with Gasteiger partial charge in [0.2, 0.25) is 11.8 Å². The minimum Gasteiger partial charge on any atom is -0.348 e. The number of nitrogens with one attached hydrogen (secondary N) is 2. The Hall–Kier alpha value is -3.28. The first-order chi connectivity index (χ1) is 14.5. The normalized spacial score (nSPS) is 19.1. The van der Waals surface area contributed by atoms with E-state index < -0.39 is 0 Å². The van der Waals surface area contributed by atoms with Gasteiger partial charge in [0, 0.05) is 24.2 Å². The van der Waals surface area contributed by atoms with Gasteiger partial charge in [-0.25, -0.2) is 8.78 Å². The maximum atomic E-state index is 13.0. The summed E-state index contributed by atoms with van der Waals surface area (Å²) in [6.45, 7) is 0. The van der Waals surface area contributed by atoms with Crippen LogP contribution >= 0.6 is 0 Å². The Bertz CT molecular complexity index is 844. The van der Waals surface area contributed by atoms with Crippen molar-refractivity contribution in [2.24, 2.45) is 0 Å². The zero-order valence-electron chi connectivity index (χ0n) is 16.5. The molecule has 2 amide bonds. The molecule has 6 heteroatoms. The fraction of sp³-hybridized carbons (Fsp3) is 0.250. The average molecular weight is 410 g/mol. The molecule has 2 aromatic rings. The number of hydrogen-bond donors (Lipinski definition) is 2. The zero-order chi connectivity index (χ0) is 21.3. The number of halogens is 2. The smallest absolute Gasteiger partial charge is 0.244 e. The van der Waals surface area contributed by atoms with E-state index in [1.807, 2.05) is 0 Å². The molecule has 1 saturated carbocycles. The summed E-state index contributed by atoms with van der Waals surface area (Å²) in [6.07, 6.45) is 9.58. The lowest BCUT2D eigenvalue weighted by atomic mass is 9.90. The molecule has 2 N–H and O–H groups in total. The molecular weight excluding hydrogens is 386 g/mol. The molecule has 0 bridgehead atoms. The molecule has 0 aromatic heterocycles. The lowest BCUT2D eigenvalue weighted by molar-refractivity contribution is -0.120. The molecule has 1 fully saturated rings. The van der Waals surface area contributed by atoms with Crippen LogP contribution in [0.15, 0.2) is 60.7 Å². The van der Waals surface area contributed by atoms with Gasteiger partial charge in [-0.1, -0.05) is 37.1 Å². The van der Waals surface area contributed by atoms with Crippen LogP contribution in [-0.4, -0.2) is 23.9 Å². The standard InChI is InChI=1S/C24H24F2N2O2/c25-19-11-5-17(6-12-19)9-15-23(29)27-21-3-1-2-4-22(21)28-24(30)16-10-18-7-13-20(26)14-8-18/h5-16,21-22H,1-4H2,(H,27,29)(H,28,30)/b15-9+,16-10+/t21-,22+. The van der Waals surface area contributed by atoms with Crippen LogP contribution in [0.25, 0.3) is 12.2 Å². The third-order valence-corrected chi connectivity index (χ3v) is 5.02. The number of benzene rings is 2. The van der Waals surface area contributed by atoms with Gasteiger partial charge >= 0.3 is 0 Å². The highest BCUT2D eigenvalue weighted by molar-refractivity contribution is 5.93. The summed E-state index contributed by atoms with van der Waals surface area (Å²) in [5.41, 5.74) is 1.46. The number of hydrogen-bond acceptors (Lipinski definition) is 2. The summed E-state index contributed by atoms with van der Waals surface area (Å²) in [7, 11) is 0. The molecule has 30 heavy (non-hydrogen) atoms. The van der Waals surface area contributed by atoms with Crippen molar-refractivity contribution in [1.29, 1.82) is 0 Å². The van der Waals surface area contributed by atoms with Crippen molar-refractivity contribution in [1.82, 2.24) is 10.6 Å². The predicted octanol–water partition coefficient (Wildman–Crippen LogP) is 4.24. The summed E-state index contributed by atoms with van der Waals surface area (Å²) >= 11 is 0. The van der Waals surface area contributed by atoms with Crippen LogP contribution in [0.2, 0.25) is 0 Å². The topological polar surface area (TPSA) is 58.2 Å². The van der Waals surface area contributed by atoms with Crippen molar-refractivity contribution in [3.8, 4) is 0 Å². The second-order valence-corrected chi connectivity index (χ2v) is 7.28. The summed E-state index contributed by atoms with van der Waals surface area (Å²) in [6, 6.07) is 11.4. The maximum Gasteiger partial charge on any atom is 0.244 e. The third-order valence-electron chi connectivity index (χ3n) is 5.02. The molecule has 3 rings (SSSR count). The maximum absolute atomic E-state index is 13.0. The van der Waals surface area contributed by atoms with Crippen LogP contribution in [0, 0.1) is 11.6 Å². The predicted molar refractivity (Wildman–Crippen MR) is 113 cm³/mol. The Kier molecular flexibility index (Phi) is 7.49. The molecule has 2 atom stereocenters. The number of rotatable bonds is 6. The minimum absolute atomic E-state index is 0.160. The number of carbonyl (C=O) groups excluding carboxylic acids is 2. The molecular formula is C24H24F2N2O2. The van der Waals surface area contributed by atoms with Crippen LogP contribution in [0.4, 0.5) is 8.78 Å². The Labute approximate surface area is 174 Å². The van der Waals surface area contributed by atoms with Gasteiger partial charge < -0.3 is 10.6 Å². The monoisotopic (exact) mass is 410 g/mol. The Balaban J connectivity index is 1.54. The van der Waals surface area contributed by atoms with Crippen LogP contribution in [0.1, 0.15) is 36.8 Å². The van der Waals surface area contributed by atoms with Crippen molar-refractivity contribution < 1.29 is 18.4 Å². The SMILES string of the molecule is O=C(/C=C/c1ccc(F)cc1)N[C@H]1CCCC[C@H]1NC(=O)/C=C/c1ccc(F)cc1. The van der Waals surface area contributed by atoms with Crippen molar-refractivity contribution >= 4 is 24.0 Å². The van der Waals surface area contributed by atoms with Gasteiger partial charge in [-0.05, 0) is 60.4 Å². The minimum atomic E-state index is -0.328. The lowest BCUT2D eigenvalue weighted by Gasteiger charge is -2.32. The molecule has 0 radical (unpaired) electrons. The highest BCUT2D eigenvalue weighted by atomic mass is 19.1. The van der Waals surface area contributed by atoms with E-state index in [2.05, 4.69) is 10.6 Å². The third kappa shape index (κ3) is 6.65. The summed E-state index contributed by atoms with van der Waals surface area (Å²) in [5.74, 6) is -1.17. The van der Waals surface area contributed by atoms with E-state index in [1.54, 1.807) is 36.4 Å². The Morgan fingerprint density at radius 3 is 1.43 bits per heavy atom. The second kappa shape index (κ2) is 10.5. The molecule has 0 spiro atoms. The fourth-order valence-corrected chi connectivity index (χ4v) is 3.43. The number of amides is 2. The van der Waals surface area contributed by atoms with E-state index in [1.165, 1.54) is 36.4 Å². The van der Waals surface area contributed by atoms with E-state index in [9.17, 15) is 18.4 Å². The van der Waals surface area contributed by atoms with E-state index in [-0.39, 0.29) is 35.5 Å². The summed E-state index contributed by atoms with van der Waals surface area (Å²) in [4.78, 5) is 24.6. The fourth-order valence-electron chi connectivity index (χ4n) is 3.43. The molecule has 2 aromatic carbocycles. The van der Waals surface area contributed by atoms with Gasteiger partial charge in [-0.2, -0.15) is 0 Å². The first-order valence-electron chi connectivity index (χ1n) is 9.98. The van der Waals surface area contributed by atoms with E-state index >= 15 is 0 Å². The highest BCUT2D eigenvalue weighted by Gasteiger charge is 2.26. The zero-order valence-corrected chi connectivity index (χ0v) is 16.5. The molecule has 0 aliphatic heterocycles. The largest absolute Gasteiger partial charge is 0.348 e. The molecule has 0 saturated heterocycles. The molecule has 0 heterocycles. The van der Waals surface area contributed by atoms with Gasteiger partial charge in [0.25, 0.3) is 0 Å². The molecule has 1 aliphatic carbocycles. The van der Waals surface area contributed by atoms with Crippen molar-refractivity contribution in [2.45, 2.75) is 37.8 Å². The van der Waals surface area contributed by atoms with E-state index in [0.29, 0.717) is 0 Å². The summed E-state index contributed by atoms with van der Waals surface area (Å²) < 4.78 is 25.9. The van der Waals surface area contributed by atoms with Crippen LogP contribution in [0.3, 0.4) is 0 Å². The Morgan fingerprint density at radius 2 is 1.07 bits per heavy atom. The van der Waals surface area contributed by atoms with E-state index in [4.69, 9.17) is 0 Å². The van der Waals surface area contributed by atoms with Gasteiger partial charge in [0.1, 0.15) is 11.6 Å². The highest BCUT2D eigenvalue weighted by Crippen LogP contribution is 2.19. The lowest BCUT2D eigenvalue weighted by Crippen LogP contribution is -2.52. The van der Waals surface area contributed by atoms with Gasteiger partial charge in [0.15, 0.2) is 0 Å².